The predicted octanol–water partition coefficient (Wildman–Crippen LogP) is 2.97. The average molecular weight is 292 g/mol. The molecule has 0 spiro atoms. The van der Waals surface area contributed by atoms with Crippen molar-refractivity contribution in [1.29, 1.82) is 0 Å². The van der Waals surface area contributed by atoms with Gasteiger partial charge in [0.25, 0.3) is 0 Å². The van der Waals surface area contributed by atoms with E-state index in [1.165, 1.54) is 31.7 Å². The van der Waals surface area contributed by atoms with Gasteiger partial charge in [0.05, 0.1) is 7.11 Å². The highest BCUT2D eigenvalue weighted by Gasteiger charge is 2.34. The van der Waals surface area contributed by atoms with Crippen LogP contribution < -0.4 is 10.1 Å². The summed E-state index contributed by atoms with van der Waals surface area (Å²) in [5.74, 6) is 0.819. The van der Waals surface area contributed by atoms with Gasteiger partial charge in [-0.2, -0.15) is 0 Å². The quantitative estimate of drug-likeness (QED) is 0.923. The van der Waals surface area contributed by atoms with Crippen LogP contribution in [-0.2, 0) is 0 Å². The number of halogens is 1. The van der Waals surface area contributed by atoms with Crippen molar-refractivity contribution in [2.45, 2.75) is 31.7 Å². The molecule has 1 N–H and O–H groups in total. The van der Waals surface area contributed by atoms with Crippen LogP contribution in [0.1, 0.15) is 37.3 Å². The van der Waals surface area contributed by atoms with E-state index in [4.69, 9.17) is 4.74 Å². The van der Waals surface area contributed by atoms with Crippen LogP contribution in [-0.4, -0.2) is 38.2 Å². The number of hydrogen-bond acceptors (Lipinski definition) is 3. The van der Waals surface area contributed by atoms with E-state index in [0.29, 0.717) is 17.7 Å². The minimum Gasteiger partial charge on any atom is -0.493 e. The van der Waals surface area contributed by atoms with E-state index in [1.54, 1.807) is 7.11 Å². The molecule has 1 heterocycles. The largest absolute Gasteiger partial charge is 0.493 e. The fraction of sp³-hybridized carbons (Fsp3) is 0.647. The molecule has 1 aromatic carbocycles. The summed E-state index contributed by atoms with van der Waals surface area (Å²) in [4.78, 5) is 2.52. The number of para-hydroxylation sites is 1. The summed E-state index contributed by atoms with van der Waals surface area (Å²) in [6.45, 7) is 4.09. The van der Waals surface area contributed by atoms with Crippen LogP contribution in [0.2, 0.25) is 0 Å². The molecule has 0 unspecified atom stereocenters. The van der Waals surface area contributed by atoms with E-state index in [9.17, 15) is 4.39 Å². The van der Waals surface area contributed by atoms with Crippen LogP contribution in [0, 0.1) is 11.7 Å². The number of nitrogens with one attached hydrogen (secondary N) is 1. The first-order valence-corrected chi connectivity index (χ1v) is 8.08. The van der Waals surface area contributed by atoms with Gasteiger partial charge in [0.1, 0.15) is 0 Å². The molecular weight excluding hydrogens is 267 g/mol. The standard InChI is InChI=1S/C17H25FN2O/c1-21-17-14(7-4-8-15(17)18)16(13-5-2-3-6-13)20-11-9-19-10-12-20/h4,7-8,13,16,19H,2-3,5-6,9-12H2,1H3/t16-/m1/s1. The Morgan fingerprint density at radius 2 is 1.95 bits per heavy atom. The third-order valence-electron chi connectivity index (χ3n) is 4.91. The first kappa shape index (κ1) is 14.8. The second kappa shape index (κ2) is 6.75. The van der Waals surface area contributed by atoms with Crippen LogP contribution in [0.5, 0.6) is 5.75 Å². The number of piperazine rings is 1. The molecule has 0 radical (unpaired) electrons. The Bertz CT molecular complexity index is 468. The van der Waals surface area contributed by atoms with Crippen LogP contribution in [0.3, 0.4) is 0 Å². The molecule has 1 atom stereocenters. The van der Waals surface area contributed by atoms with Gasteiger partial charge in [0.15, 0.2) is 11.6 Å². The van der Waals surface area contributed by atoms with Crippen molar-refractivity contribution >= 4 is 0 Å². The van der Waals surface area contributed by atoms with Gasteiger partial charge in [-0.05, 0) is 24.8 Å². The number of hydrogen-bond donors (Lipinski definition) is 1. The maximum Gasteiger partial charge on any atom is 0.165 e. The summed E-state index contributed by atoms with van der Waals surface area (Å²) in [7, 11) is 1.57. The van der Waals surface area contributed by atoms with E-state index in [1.807, 2.05) is 12.1 Å². The van der Waals surface area contributed by atoms with Crippen molar-refractivity contribution in [3.8, 4) is 5.75 Å². The maximum atomic E-state index is 14.1. The Morgan fingerprint density at radius 1 is 1.24 bits per heavy atom. The molecule has 1 saturated heterocycles. The van der Waals surface area contributed by atoms with Gasteiger partial charge in [-0.1, -0.05) is 25.0 Å². The van der Waals surface area contributed by atoms with Crippen molar-refractivity contribution in [3.63, 3.8) is 0 Å². The van der Waals surface area contributed by atoms with E-state index in [0.717, 1.165) is 31.7 Å². The van der Waals surface area contributed by atoms with Crippen LogP contribution in [0.15, 0.2) is 18.2 Å². The van der Waals surface area contributed by atoms with Crippen LogP contribution in [0.4, 0.5) is 4.39 Å². The highest BCUT2D eigenvalue weighted by Crippen LogP contribution is 2.43. The highest BCUT2D eigenvalue weighted by atomic mass is 19.1. The van der Waals surface area contributed by atoms with E-state index < -0.39 is 0 Å². The Morgan fingerprint density at radius 3 is 2.62 bits per heavy atom. The molecule has 0 bridgehead atoms. The molecule has 1 aliphatic carbocycles. The number of methoxy groups -OCH3 is 1. The lowest BCUT2D eigenvalue weighted by Gasteiger charge is -2.39. The molecular formula is C17H25FN2O. The first-order chi connectivity index (χ1) is 10.3. The molecule has 2 aliphatic rings. The van der Waals surface area contributed by atoms with Crippen LogP contribution in [0.25, 0.3) is 0 Å². The van der Waals surface area contributed by atoms with E-state index in [-0.39, 0.29) is 5.82 Å². The maximum absolute atomic E-state index is 14.1. The second-order valence-corrected chi connectivity index (χ2v) is 6.14. The monoisotopic (exact) mass is 292 g/mol. The predicted molar refractivity (Wildman–Crippen MR) is 82.1 cm³/mol. The molecule has 0 aromatic heterocycles. The van der Waals surface area contributed by atoms with Gasteiger partial charge < -0.3 is 10.1 Å². The van der Waals surface area contributed by atoms with Gasteiger partial charge in [0, 0.05) is 37.8 Å². The molecule has 2 fully saturated rings. The molecule has 3 nitrogen and oxygen atoms in total. The number of ether oxygens (including phenoxy) is 1. The van der Waals surface area contributed by atoms with Crippen LogP contribution >= 0.6 is 0 Å². The lowest BCUT2D eigenvalue weighted by molar-refractivity contribution is 0.122. The molecule has 0 amide bonds. The zero-order chi connectivity index (χ0) is 14.7. The van der Waals surface area contributed by atoms with Crippen molar-refractivity contribution in [3.05, 3.63) is 29.6 Å². The fourth-order valence-electron chi connectivity index (χ4n) is 3.96. The number of rotatable bonds is 4. The third-order valence-corrected chi connectivity index (χ3v) is 4.91. The average Bonchev–Trinajstić information content (AvgIpc) is 3.03. The van der Waals surface area contributed by atoms with Gasteiger partial charge in [-0.25, -0.2) is 4.39 Å². The summed E-state index contributed by atoms with van der Waals surface area (Å²) >= 11 is 0. The van der Waals surface area contributed by atoms with Gasteiger partial charge in [-0.3, -0.25) is 4.90 Å². The van der Waals surface area contributed by atoms with E-state index >= 15 is 0 Å². The number of benzene rings is 1. The molecule has 1 saturated carbocycles. The van der Waals surface area contributed by atoms with Gasteiger partial charge in [-0.15, -0.1) is 0 Å². The molecule has 1 aliphatic heterocycles. The zero-order valence-electron chi connectivity index (χ0n) is 12.8. The zero-order valence-corrected chi connectivity index (χ0v) is 12.8. The summed E-state index contributed by atoms with van der Waals surface area (Å²) in [6.07, 6.45) is 5.08. The van der Waals surface area contributed by atoms with Gasteiger partial charge in [0.2, 0.25) is 0 Å². The lowest BCUT2D eigenvalue weighted by Crippen LogP contribution is -2.46. The van der Waals surface area contributed by atoms with Crippen molar-refractivity contribution in [1.82, 2.24) is 10.2 Å². The minimum absolute atomic E-state index is 0.242. The summed E-state index contributed by atoms with van der Waals surface area (Å²) < 4.78 is 19.5. The normalized spacial score (nSPS) is 22.4. The Balaban J connectivity index is 1.95. The second-order valence-electron chi connectivity index (χ2n) is 6.14. The number of nitrogens with zero attached hydrogens (tertiary/aromatic N) is 1. The van der Waals surface area contributed by atoms with Gasteiger partial charge >= 0.3 is 0 Å². The van der Waals surface area contributed by atoms with E-state index in [2.05, 4.69) is 10.2 Å². The lowest BCUT2D eigenvalue weighted by atomic mass is 9.89. The molecule has 4 heteroatoms. The SMILES string of the molecule is COc1c(F)cccc1[C@@H](C1CCCC1)N1CCNCC1. The third kappa shape index (κ3) is 3.06. The van der Waals surface area contributed by atoms with Crippen molar-refractivity contribution < 1.29 is 9.13 Å². The fourth-order valence-corrected chi connectivity index (χ4v) is 3.96. The summed E-state index contributed by atoms with van der Waals surface area (Å²) in [5.41, 5.74) is 1.03. The molecule has 21 heavy (non-hydrogen) atoms. The summed E-state index contributed by atoms with van der Waals surface area (Å²) in [6, 6.07) is 5.65. The molecule has 1 aromatic rings. The Labute approximate surface area is 126 Å². The smallest absolute Gasteiger partial charge is 0.165 e. The topological polar surface area (TPSA) is 24.5 Å². The minimum atomic E-state index is -0.242. The first-order valence-electron chi connectivity index (χ1n) is 8.08. The summed E-state index contributed by atoms with van der Waals surface area (Å²) in [5, 5.41) is 3.40. The Kier molecular flexibility index (Phi) is 4.76. The molecule has 116 valence electrons. The molecule has 3 rings (SSSR count). The Hall–Kier alpha value is -1.13. The highest BCUT2D eigenvalue weighted by molar-refractivity contribution is 5.38. The van der Waals surface area contributed by atoms with Crippen molar-refractivity contribution in [2.75, 3.05) is 33.3 Å². The van der Waals surface area contributed by atoms with Crippen molar-refractivity contribution in [2.24, 2.45) is 5.92 Å².